The molecule has 1 heterocycles. The summed E-state index contributed by atoms with van der Waals surface area (Å²) < 4.78 is 0. The van der Waals surface area contributed by atoms with E-state index < -0.39 is 0 Å². The Kier molecular flexibility index (Phi) is 4.99. The lowest BCUT2D eigenvalue weighted by atomic mass is 10.2. The summed E-state index contributed by atoms with van der Waals surface area (Å²) in [7, 11) is 0. The second-order valence-corrected chi connectivity index (χ2v) is 5.91. The maximum absolute atomic E-state index is 12.4. The van der Waals surface area contributed by atoms with Gasteiger partial charge in [0.05, 0.1) is 0 Å². The number of aromatic nitrogens is 1. The topological polar surface area (TPSA) is 54.0 Å². The molecule has 3 aromatic rings. The van der Waals surface area contributed by atoms with Gasteiger partial charge in [-0.3, -0.25) is 4.79 Å². The number of carbonyl (C=O) groups is 1. The van der Waals surface area contributed by atoms with E-state index in [2.05, 4.69) is 15.6 Å². The molecule has 120 valence electrons. The number of carbonyl (C=O) groups excluding carboxylic acids is 1. The number of nitrogens with zero attached hydrogens (tertiary/aromatic N) is 1. The van der Waals surface area contributed by atoms with Crippen LogP contribution in [0, 0.1) is 0 Å². The molecular weight excluding hydrogens is 345 g/mol. The Morgan fingerprint density at radius 2 is 1.58 bits per heavy atom. The maximum atomic E-state index is 12.4. The van der Waals surface area contributed by atoms with Gasteiger partial charge in [-0.25, -0.2) is 4.98 Å². The molecule has 2 N–H and O–H groups in total. The van der Waals surface area contributed by atoms with Gasteiger partial charge in [0, 0.05) is 33.2 Å². The zero-order valence-corrected chi connectivity index (χ0v) is 14.0. The molecule has 3 rings (SSSR count). The van der Waals surface area contributed by atoms with Crippen molar-refractivity contribution in [3.63, 3.8) is 0 Å². The Morgan fingerprint density at radius 3 is 2.29 bits per heavy atom. The predicted molar refractivity (Wildman–Crippen MR) is 98.4 cm³/mol. The van der Waals surface area contributed by atoms with Crippen molar-refractivity contribution in [2.45, 2.75) is 0 Å². The van der Waals surface area contributed by atoms with Crippen molar-refractivity contribution in [1.82, 2.24) is 4.98 Å². The van der Waals surface area contributed by atoms with Gasteiger partial charge >= 0.3 is 0 Å². The summed E-state index contributed by atoms with van der Waals surface area (Å²) in [5.41, 5.74) is 1.90. The normalized spacial score (nSPS) is 10.2. The van der Waals surface area contributed by atoms with Gasteiger partial charge in [0.2, 0.25) is 0 Å². The standard InChI is InChI=1S/C18H13Cl2N3O/c19-13-9-14(20)11-16(10-13)23-18(24)12-6-7-21-17(8-12)22-15-4-2-1-3-5-15/h1-11H,(H,21,22)(H,23,24). The van der Waals surface area contributed by atoms with Crippen molar-refractivity contribution in [3.8, 4) is 0 Å². The Balaban J connectivity index is 1.76. The molecule has 24 heavy (non-hydrogen) atoms. The fourth-order valence-corrected chi connectivity index (χ4v) is 2.66. The summed E-state index contributed by atoms with van der Waals surface area (Å²) >= 11 is 11.9. The molecule has 0 aliphatic rings. The first-order valence-corrected chi connectivity index (χ1v) is 7.91. The molecule has 0 atom stereocenters. The van der Waals surface area contributed by atoms with Crippen molar-refractivity contribution in [2.75, 3.05) is 10.6 Å². The van der Waals surface area contributed by atoms with Crippen LogP contribution in [-0.2, 0) is 0 Å². The third-order valence-electron chi connectivity index (χ3n) is 3.19. The smallest absolute Gasteiger partial charge is 0.255 e. The highest BCUT2D eigenvalue weighted by Gasteiger charge is 2.09. The molecule has 0 aliphatic carbocycles. The molecule has 1 amide bonds. The molecule has 0 radical (unpaired) electrons. The molecule has 0 fully saturated rings. The average molecular weight is 358 g/mol. The number of amides is 1. The summed E-state index contributed by atoms with van der Waals surface area (Å²) in [6.45, 7) is 0. The van der Waals surface area contributed by atoms with Crippen LogP contribution in [0.5, 0.6) is 0 Å². The Labute approximate surface area is 149 Å². The van der Waals surface area contributed by atoms with Crippen LogP contribution in [0.1, 0.15) is 10.4 Å². The third kappa shape index (κ3) is 4.25. The highest BCUT2D eigenvalue weighted by atomic mass is 35.5. The minimum Gasteiger partial charge on any atom is -0.340 e. The van der Waals surface area contributed by atoms with E-state index in [1.54, 1.807) is 36.5 Å². The lowest BCUT2D eigenvalue weighted by Gasteiger charge is -2.09. The number of hydrogen-bond donors (Lipinski definition) is 2. The first-order valence-electron chi connectivity index (χ1n) is 7.16. The number of rotatable bonds is 4. The van der Waals surface area contributed by atoms with Crippen molar-refractivity contribution >= 4 is 46.3 Å². The SMILES string of the molecule is O=C(Nc1cc(Cl)cc(Cl)c1)c1ccnc(Nc2ccccc2)c1. The van der Waals surface area contributed by atoms with Gasteiger partial charge in [0.25, 0.3) is 5.91 Å². The fraction of sp³-hybridized carbons (Fsp3) is 0. The van der Waals surface area contributed by atoms with E-state index in [0.717, 1.165) is 5.69 Å². The van der Waals surface area contributed by atoms with Crippen LogP contribution in [0.2, 0.25) is 10.0 Å². The Morgan fingerprint density at radius 1 is 0.875 bits per heavy atom. The van der Waals surface area contributed by atoms with E-state index in [1.807, 2.05) is 30.3 Å². The van der Waals surface area contributed by atoms with Crippen LogP contribution < -0.4 is 10.6 Å². The number of halogens is 2. The molecule has 0 saturated carbocycles. The summed E-state index contributed by atoms with van der Waals surface area (Å²) in [6, 6.07) is 17.8. The summed E-state index contributed by atoms with van der Waals surface area (Å²) in [4.78, 5) is 16.6. The molecule has 0 saturated heterocycles. The number of anilines is 3. The molecule has 0 unspecified atom stereocenters. The van der Waals surface area contributed by atoms with Crippen LogP contribution in [0.3, 0.4) is 0 Å². The van der Waals surface area contributed by atoms with Gasteiger partial charge in [-0.1, -0.05) is 41.4 Å². The van der Waals surface area contributed by atoms with Crippen LogP contribution in [-0.4, -0.2) is 10.9 Å². The average Bonchev–Trinajstić information content (AvgIpc) is 2.55. The van der Waals surface area contributed by atoms with Gasteiger partial charge in [0.15, 0.2) is 0 Å². The fourth-order valence-electron chi connectivity index (χ4n) is 2.14. The zero-order valence-electron chi connectivity index (χ0n) is 12.5. The van der Waals surface area contributed by atoms with Crippen LogP contribution in [0.4, 0.5) is 17.2 Å². The van der Waals surface area contributed by atoms with Crippen LogP contribution in [0.15, 0.2) is 66.9 Å². The number of pyridine rings is 1. The molecule has 6 heteroatoms. The summed E-state index contributed by atoms with van der Waals surface area (Å²) in [6.07, 6.45) is 1.57. The Bertz CT molecular complexity index is 849. The van der Waals surface area contributed by atoms with Crippen LogP contribution >= 0.6 is 23.2 Å². The van der Waals surface area contributed by atoms with Gasteiger partial charge in [-0.2, -0.15) is 0 Å². The molecule has 0 spiro atoms. The lowest BCUT2D eigenvalue weighted by Crippen LogP contribution is -2.12. The van der Waals surface area contributed by atoms with E-state index in [0.29, 0.717) is 27.1 Å². The van der Waals surface area contributed by atoms with Crippen molar-refractivity contribution < 1.29 is 4.79 Å². The monoisotopic (exact) mass is 357 g/mol. The van der Waals surface area contributed by atoms with Gasteiger partial charge in [-0.15, -0.1) is 0 Å². The first-order chi connectivity index (χ1) is 11.6. The van der Waals surface area contributed by atoms with E-state index in [-0.39, 0.29) is 5.91 Å². The van der Waals surface area contributed by atoms with Crippen molar-refractivity contribution in [2.24, 2.45) is 0 Å². The van der Waals surface area contributed by atoms with Crippen molar-refractivity contribution in [1.29, 1.82) is 0 Å². The minimum atomic E-state index is -0.271. The van der Waals surface area contributed by atoms with E-state index in [4.69, 9.17) is 23.2 Å². The van der Waals surface area contributed by atoms with Gasteiger partial charge < -0.3 is 10.6 Å². The molecule has 0 bridgehead atoms. The summed E-state index contributed by atoms with van der Waals surface area (Å²) in [5.74, 6) is 0.310. The molecular formula is C18H13Cl2N3O. The highest BCUT2D eigenvalue weighted by molar-refractivity contribution is 6.35. The lowest BCUT2D eigenvalue weighted by molar-refractivity contribution is 0.102. The van der Waals surface area contributed by atoms with E-state index in [9.17, 15) is 4.79 Å². The third-order valence-corrected chi connectivity index (χ3v) is 3.63. The van der Waals surface area contributed by atoms with Crippen molar-refractivity contribution in [3.05, 3.63) is 82.5 Å². The second kappa shape index (κ2) is 7.34. The first kappa shape index (κ1) is 16.3. The second-order valence-electron chi connectivity index (χ2n) is 5.03. The Hall–Kier alpha value is -2.56. The maximum Gasteiger partial charge on any atom is 0.255 e. The minimum absolute atomic E-state index is 0.271. The van der Waals surface area contributed by atoms with Gasteiger partial charge in [-0.05, 0) is 42.5 Å². The molecule has 4 nitrogen and oxygen atoms in total. The number of hydrogen-bond acceptors (Lipinski definition) is 3. The quantitative estimate of drug-likeness (QED) is 0.658. The number of nitrogens with one attached hydrogen (secondary N) is 2. The molecule has 2 aromatic carbocycles. The molecule has 1 aromatic heterocycles. The van der Waals surface area contributed by atoms with Gasteiger partial charge in [0.1, 0.15) is 5.82 Å². The largest absolute Gasteiger partial charge is 0.340 e. The number of para-hydroxylation sites is 1. The van der Waals surface area contributed by atoms with Crippen LogP contribution in [0.25, 0.3) is 0 Å². The van der Waals surface area contributed by atoms with E-state index >= 15 is 0 Å². The highest BCUT2D eigenvalue weighted by Crippen LogP contribution is 2.23. The zero-order chi connectivity index (χ0) is 16.9. The predicted octanol–water partition coefficient (Wildman–Crippen LogP) is 5.38. The molecule has 0 aliphatic heterocycles. The summed E-state index contributed by atoms with van der Waals surface area (Å²) in [5, 5.41) is 6.83. The van der Waals surface area contributed by atoms with E-state index in [1.165, 1.54) is 0 Å². The number of benzene rings is 2.